The Labute approximate surface area is 155 Å². The molecular formula is C21H18FNO2S. The lowest BCUT2D eigenvalue weighted by Crippen LogP contribution is -2.28. The molecule has 1 aliphatic rings. The van der Waals surface area contributed by atoms with Gasteiger partial charge in [0.05, 0.1) is 10.1 Å². The van der Waals surface area contributed by atoms with Crippen molar-refractivity contribution in [3.63, 3.8) is 0 Å². The average molecular weight is 367 g/mol. The van der Waals surface area contributed by atoms with E-state index in [0.29, 0.717) is 12.0 Å². The fourth-order valence-corrected chi connectivity index (χ4v) is 4.15. The lowest BCUT2D eigenvalue weighted by Gasteiger charge is -2.20. The number of rotatable bonds is 3. The van der Waals surface area contributed by atoms with Crippen LogP contribution in [-0.4, -0.2) is 10.3 Å². The standard InChI is InChI=1S/C21H18FNO2S/c1-13-17(22)7-4-8-18(13)25-20(24)21(2)10-9-14(11-21)16-6-3-5-15-12-23-26-19(15)16/h3-8,11-12H,9-10H2,1-2H3/t21-/m0/s1. The third kappa shape index (κ3) is 2.82. The van der Waals surface area contributed by atoms with Crippen LogP contribution in [0.25, 0.3) is 15.7 Å². The van der Waals surface area contributed by atoms with Crippen molar-refractivity contribution in [2.24, 2.45) is 5.41 Å². The number of carbonyl (C=O) groups excluding carboxylic acids is 1. The zero-order chi connectivity index (χ0) is 18.3. The maximum absolute atomic E-state index is 13.7. The molecule has 132 valence electrons. The summed E-state index contributed by atoms with van der Waals surface area (Å²) in [6.45, 7) is 3.49. The van der Waals surface area contributed by atoms with Crippen LogP contribution in [0.1, 0.15) is 30.9 Å². The molecule has 5 heteroatoms. The molecule has 0 amide bonds. The fraction of sp³-hybridized carbons (Fsp3) is 0.238. The van der Waals surface area contributed by atoms with Crippen molar-refractivity contribution < 1.29 is 13.9 Å². The van der Waals surface area contributed by atoms with Crippen LogP contribution in [0.15, 0.2) is 48.7 Å². The van der Waals surface area contributed by atoms with E-state index >= 15 is 0 Å². The maximum atomic E-state index is 13.7. The summed E-state index contributed by atoms with van der Waals surface area (Å²) in [6, 6.07) is 10.7. The van der Waals surface area contributed by atoms with Crippen LogP contribution < -0.4 is 4.74 Å². The van der Waals surface area contributed by atoms with Crippen molar-refractivity contribution >= 4 is 33.2 Å². The number of benzene rings is 2. The molecule has 3 aromatic rings. The Balaban J connectivity index is 1.64. The van der Waals surface area contributed by atoms with Crippen molar-refractivity contribution in [1.29, 1.82) is 0 Å². The average Bonchev–Trinajstić information content (AvgIpc) is 3.26. The number of ether oxygens (including phenoxy) is 1. The minimum Gasteiger partial charge on any atom is -0.426 e. The van der Waals surface area contributed by atoms with Gasteiger partial charge in [-0.1, -0.05) is 30.3 Å². The summed E-state index contributed by atoms with van der Waals surface area (Å²) in [5.41, 5.74) is 1.89. The zero-order valence-electron chi connectivity index (χ0n) is 14.6. The van der Waals surface area contributed by atoms with E-state index in [4.69, 9.17) is 4.74 Å². The van der Waals surface area contributed by atoms with E-state index in [9.17, 15) is 9.18 Å². The summed E-state index contributed by atoms with van der Waals surface area (Å²) in [5, 5.41) is 1.11. The molecule has 4 rings (SSSR count). The highest BCUT2D eigenvalue weighted by Gasteiger charge is 2.38. The molecule has 0 unspecified atom stereocenters. The topological polar surface area (TPSA) is 39.2 Å². The molecule has 0 saturated heterocycles. The molecule has 26 heavy (non-hydrogen) atoms. The van der Waals surface area contributed by atoms with Gasteiger partial charge in [0.2, 0.25) is 0 Å². The minimum absolute atomic E-state index is 0.280. The molecule has 1 aliphatic carbocycles. The van der Waals surface area contributed by atoms with Crippen molar-refractivity contribution in [3.8, 4) is 5.75 Å². The highest BCUT2D eigenvalue weighted by molar-refractivity contribution is 7.13. The SMILES string of the molecule is Cc1c(F)cccc1OC(=O)[C@]1(C)C=C(c2cccc3cnsc23)CC1. The summed E-state index contributed by atoms with van der Waals surface area (Å²) in [6.07, 6.45) is 5.33. The second-order valence-electron chi connectivity index (χ2n) is 6.89. The summed E-state index contributed by atoms with van der Waals surface area (Å²) in [4.78, 5) is 12.8. The highest BCUT2D eigenvalue weighted by Crippen LogP contribution is 2.43. The quantitative estimate of drug-likeness (QED) is 0.451. The third-order valence-corrected chi connectivity index (χ3v) is 5.87. The molecule has 1 aromatic heterocycles. The lowest BCUT2D eigenvalue weighted by molar-refractivity contribution is -0.142. The lowest BCUT2D eigenvalue weighted by atomic mass is 9.90. The first-order valence-corrected chi connectivity index (χ1v) is 9.28. The van der Waals surface area contributed by atoms with Gasteiger partial charge in [0, 0.05) is 17.1 Å². The van der Waals surface area contributed by atoms with Gasteiger partial charge < -0.3 is 4.74 Å². The van der Waals surface area contributed by atoms with Gasteiger partial charge >= 0.3 is 5.97 Å². The Morgan fingerprint density at radius 1 is 1.27 bits per heavy atom. The second-order valence-corrected chi connectivity index (χ2v) is 7.69. The maximum Gasteiger partial charge on any atom is 0.321 e. The van der Waals surface area contributed by atoms with Crippen molar-refractivity contribution in [1.82, 2.24) is 4.37 Å². The molecule has 0 fully saturated rings. The number of nitrogens with zero attached hydrogens (tertiary/aromatic N) is 1. The van der Waals surface area contributed by atoms with Gasteiger partial charge in [-0.25, -0.2) is 4.39 Å². The number of esters is 1. The van der Waals surface area contributed by atoms with Crippen LogP contribution in [0.3, 0.4) is 0 Å². The Morgan fingerprint density at radius 2 is 2.08 bits per heavy atom. The first-order valence-electron chi connectivity index (χ1n) is 8.51. The van der Waals surface area contributed by atoms with Crippen LogP contribution in [0.5, 0.6) is 5.75 Å². The normalized spacial score (nSPS) is 19.6. The van der Waals surface area contributed by atoms with Gasteiger partial charge in [0.1, 0.15) is 11.6 Å². The van der Waals surface area contributed by atoms with Gasteiger partial charge in [-0.15, -0.1) is 0 Å². The number of halogens is 1. The van der Waals surface area contributed by atoms with Crippen molar-refractivity contribution in [2.75, 3.05) is 0 Å². The number of aromatic nitrogens is 1. The van der Waals surface area contributed by atoms with Gasteiger partial charge in [0.25, 0.3) is 0 Å². The molecule has 0 aliphatic heterocycles. The molecule has 1 atom stereocenters. The van der Waals surface area contributed by atoms with Crippen LogP contribution >= 0.6 is 11.5 Å². The van der Waals surface area contributed by atoms with Crippen LogP contribution in [0.4, 0.5) is 4.39 Å². The first kappa shape index (κ1) is 16.9. The smallest absolute Gasteiger partial charge is 0.321 e. The summed E-state index contributed by atoms with van der Waals surface area (Å²) in [5.74, 6) is -0.444. The number of fused-ring (bicyclic) bond motifs is 1. The molecule has 0 radical (unpaired) electrons. The Morgan fingerprint density at radius 3 is 2.92 bits per heavy atom. The second kappa shape index (κ2) is 6.32. The number of hydrogen-bond acceptors (Lipinski definition) is 4. The van der Waals surface area contributed by atoms with Crippen LogP contribution in [-0.2, 0) is 4.79 Å². The largest absolute Gasteiger partial charge is 0.426 e. The van der Waals surface area contributed by atoms with E-state index in [-0.39, 0.29) is 17.5 Å². The highest BCUT2D eigenvalue weighted by atomic mass is 32.1. The Kier molecular flexibility index (Phi) is 4.11. The van der Waals surface area contributed by atoms with Crippen LogP contribution in [0, 0.1) is 18.2 Å². The van der Waals surface area contributed by atoms with E-state index in [1.165, 1.54) is 17.6 Å². The van der Waals surface area contributed by atoms with Gasteiger partial charge in [0.15, 0.2) is 0 Å². The van der Waals surface area contributed by atoms with E-state index in [1.54, 1.807) is 19.1 Å². The Bertz CT molecular complexity index is 1040. The van der Waals surface area contributed by atoms with E-state index in [2.05, 4.69) is 10.4 Å². The fourth-order valence-electron chi connectivity index (χ4n) is 3.36. The van der Waals surface area contributed by atoms with Crippen LogP contribution in [0.2, 0.25) is 0 Å². The molecule has 0 bridgehead atoms. The van der Waals surface area contributed by atoms with E-state index < -0.39 is 5.41 Å². The predicted molar refractivity (Wildman–Crippen MR) is 102 cm³/mol. The summed E-state index contributed by atoms with van der Waals surface area (Å²) >= 11 is 1.47. The number of hydrogen-bond donors (Lipinski definition) is 0. The van der Waals surface area contributed by atoms with E-state index in [0.717, 1.165) is 27.6 Å². The first-order chi connectivity index (χ1) is 12.5. The minimum atomic E-state index is -0.721. The van der Waals surface area contributed by atoms with Gasteiger partial charge in [-0.3, -0.25) is 4.79 Å². The molecule has 3 nitrogen and oxygen atoms in total. The molecule has 0 saturated carbocycles. The summed E-state index contributed by atoms with van der Waals surface area (Å²) < 4.78 is 24.6. The van der Waals surface area contributed by atoms with Gasteiger partial charge in [-0.2, -0.15) is 4.37 Å². The molecule has 0 spiro atoms. The monoisotopic (exact) mass is 367 g/mol. The van der Waals surface area contributed by atoms with Gasteiger partial charge in [-0.05, 0) is 61.5 Å². The van der Waals surface area contributed by atoms with E-state index in [1.807, 2.05) is 31.3 Å². The predicted octanol–water partition coefficient (Wildman–Crippen LogP) is 5.53. The Hall–Kier alpha value is -2.53. The molecule has 2 aromatic carbocycles. The molecule has 0 N–H and O–H groups in total. The van der Waals surface area contributed by atoms with Crippen molar-refractivity contribution in [2.45, 2.75) is 26.7 Å². The third-order valence-electron chi connectivity index (χ3n) is 5.02. The molecule has 1 heterocycles. The zero-order valence-corrected chi connectivity index (χ0v) is 15.4. The number of carbonyl (C=O) groups is 1. The number of allylic oxidation sites excluding steroid dienone is 1. The van der Waals surface area contributed by atoms with Crippen molar-refractivity contribution in [3.05, 3.63) is 65.6 Å². The molecular weight excluding hydrogens is 349 g/mol. The summed E-state index contributed by atoms with van der Waals surface area (Å²) in [7, 11) is 0.